The lowest BCUT2D eigenvalue weighted by molar-refractivity contribution is 0.503. The van der Waals surface area contributed by atoms with Crippen molar-refractivity contribution in [3.63, 3.8) is 0 Å². The molecule has 3 rings (SSSR count). The number of hydrogen-bond acceptors (Lipinski definition) is 7. The number of furan rings is 1. The Bertz CT molecular complexity index is 996. The molecule has 4 N–H and O–H groups in total. The molecule has 0 aliphatic heterocycles. The number of aliphatic imine (C=N–C) groups is 1. The molecule has 0 unspecified atom stereocenters. The number of thioether (sulfide) groups is 1. The highest BCUT2D eigenvalue weighted by Crippen LogP contribution is 2.12. The van der Waals surface area contributed by atoms with Crippen molar-refractivity contribution in [2.75, 3.05) is 17.6 Å². The molecule has 0 saturated carbocycles. The number of nitrogens with one attached hydrogen (secondary N) is 4. The molecule has 0 fully saturated rings. The summed E-state index contributed by atoms with van der Waals surface area (Å²) in [5.74, 6) is 3.42. The Morgan fingerprint density at radius 2 is 2.06 bits per heavy atom. The topological polar surface area (TPSA) is 116 Å². The summed E-state index contributed by atoms with van der Waals surface area (Å²) in [6.07, 6.45) is 3.34. The van der Waals surface area contributed by atoms with Gasteiger partial charge >= 0.3 is 0 Å². The van der Waals surface area contributed by atoms with E-state index >= 15 is 0 Å². The van der Waals surface area contributed by atoms with Crippen LogP contribution in [0.25, 0.3) is 0 Å². The van der Waals surface area contributed by atoms with E-state index < -0.39 is 0 Å². The van der Waals surface area contributed by atoms with E-state index in [1.807, 2.05) is 39.0 Å². The van der Waals surface area contributed by atoms with Crippen molar-refractivity contribution in [3.05, 3.63) is 59.3 Å². The highest BCUT2D eigenvalue weighted by atomic mass is 32.2. The number of rotatable bonds is 8. The fourth-order valence-corrected chi connectivity index (χ4v) is 3.67. The largest absolute Gasteiger partial charge is 0.467 e. The lowest BCUT2D eigenvalue weighted by atomic mass is 10.4. The average Bonchev–Trinajstić information content (AvgIpc) is 3.37. The summed E-state index contributed by atoms with van der Waals surface area (Å²) in [5, 5.41) is 9.75. The predicted molar refractivity (Wildman–Crippen MR) is 128 cm³/mol. The van der Waals surface area contributed by atoms with Crippen molar-refractivity contribution in [1.82, 2.24) is 30.6 Å². The van der Waals surface area contributed by atoms with E-state index in [1.165, 1.54) is 0 Å². The van der Waals surface area contributed by atoms with Crippen LogP contribution in [-0.4, -0.2) is 43.3 Å². The van der Waals surface area contributed by atoms with Gasteiger partial charge in [0.15, 0.2) is 5.11 Å². The molecule has 3 aromatic rings. The second-order valence-electron chi connectivity index (χ2n) is 6.74. The van der Waals surface area contributed by atoms with Crippen molar-refractivity contribution in [3.8, 4) is 0 Å². The van der Waals surface area contributed by atoms with Crippen LogP contribution in [0.2, 0.25) is 0 Å². The van der Waals surface area contributed by atoms with Crippen LogP contribution in [0.4, 0.5) is 5.95 Å². The zero-order chi connectivity index (χ0) is 22.1. The van der Waals surface area contributed by atoms with E-state index in [0.717, 1.165) is 40.0 Å². The molecule has 0 radical (unpaired) electrons. The first-order valence-electron chi connectivity index (χ1n) is 9.77. The number of aromatic nitrogens is 4. The van der Waals surface area contributed by atoms with Crippen molar-refractivity contribution in [2.45, 2.75) is 33.1 Å². The monoisotopic (exact) mass is 458 g/mol. The molecular formula is C20H26N8OS2. The number of thiocarbonyl (C=S) groups is 1. The summed E-state index contributed by atoms with van der Waals surface area (Å²) < 4.78 is 5.32. The Morgan fingerprint density at radius 1 is 1.26 bits per heavy atom. The van der Waals surface area contributed by atoms with Gasteiger partial charge in [-0.05, 0) is 51.2 Å². The molecule has 11 heteroatoms. The fraction of sp³-hybridized carbons (Fsp3) is 0.350. The van der Waals surface area contributed by atoms with Crippen LogP contribution in [0.5, 0.6) is 0 Å². The molecule has 0 aliphatic rings. The van der Waals surface area contributed by atoms with Crippen LogP contribution in [-0.2, 0) is 12.3 Å². The molecule has 0 aliphatic carbocycles. The van der Waals surface area contributed by atoms with Gasteiger partial charge < -0.3 is 20.0 Å². The van der Waals surface area contributed by atoms with Crippen LogP contribution < -0.4 is 16.0 Å². The van der Waals surface area contributed by atoms with Crippen molar-refractivity contribution in [1.29, 1.82) is 0 Å². The molecular weight excluding hydrogens is 432 g/mol. The third kappa shape index (κ3) is 7.68. The second-order valence-corrected chi connectivity index (χ2v) is 8.26. The van der Waals surface area contributed by atoms with E-state index in [1.54, 1.807) is 24.4 Å². The van der Waals surface area contributed by atoms with Gasteiger partial charge in [0.25, 0.3) is 0 Å². The van der Waals surface area contributed by atoms with Crippen LogP contribution >= 0.6 is 24.0 Å². The van der Waals surface area contributed by atoms with Crippen molar-refractivity contribution < 1.29 is 4.42 Å². The molecule has 0 bridgehead atoms. The van der Waals surface area contributed by atoms with Crippen molar-refractivity contribution in [2.24, 2.45) is 4.99 Å². The molecule has 0 saturated heterocycles. The number of aromatic amines is 1. The van der Waals surface area contributed by atoms with Crippen LogP contribution in [0.1, 0.15) is 28.5 Å². The summed E-state index contributed by atoms with van der Waals surface area (Å²) >= 11 is 7.17. The smallest absolute Gasteiger partial charge is 0.229 e. The second kappa shape index (κ2) is 11.5. The lowest BCUT2D eigenvalue weighted by Gasteiger charge is -2.14. The maximum atomic E-state index is 5.40. The number of hydrogen-bond donors (Lipinski definition) is 4. The predicted octanol–water partition coefficient (Wildman–Crippen LogP) is 3.08. The molecule has 0 spiro atoms. The Labute approximate surface area is 191 Å². The van der Waals surface area contributed by atoms with Gasteiger partial charge in [-0.15, -0.1) is 0 Å². The van der Waals surface area contributed by atoms with Crippen molar-refractivity contribution >= 4 is 41.0 Å². The highest BCUT2D eigenvalue weighted by molar-refractivity contribution is 7.98. The molecule has 164 valence electrons. The van der Waals surface area contributed by atoms with E-state index in [-0.39, 0.29) is 0 Å². The first-order valence-corrected chi connectivity index (χ1v) is 11.3. The van der Waals surface area contributed by atoms with Gasteiger partial charge in [-0.25, -0.2) is 15.0 Å². The van der Waals surface area contributed by atoms with Crippen LogP contribution in [0.15, 0.2) is 40.2 Å². The maximum Gasteiger partial charge on any atom is 0.229 e. The Hall–Kier alpha value is -2.92. The minimum Gasteiger partial charge on any atom is -0.467 e. The Kier molecular flexibility index (Phi) is 8.42. The normalized spacial score (nSPS) is 11.4. The fourth-order valence-electron chi connectivity index (χ4n) is 2.65. The third-order valence-electron chi connectivity index (χ3n) is 4.13. The summed E-state index contributed by atoms with van der Waals surface area (Å²) in [6, 6.07) is 5.63. The van der Waals surface area contributed by atoms with E-state index in [2.05, 4.69) is 40.9 Å². The van der Waals surface area contributed by atoms with Gasteiger partial charge in [0.2, 0.25) is 11.9 Å². The van der Waals surface area contributed by atoms with E-state index in [9.17, 15) is 0 Å². The summed E-state index contributed by atoms with van der Waals surface area (Å²) in [5.41, 5.74) is 3.91. The highest BCUT2D eigenvalue weighted by Gasteiger charge is 2.08. The lowest BCUT2D eigenvalue weighted by Crippen LogP contribution is -2.42. The number of H-pyrrole nitrogens is 1. The van der Waals surface area contributed by atoms with Gasteiger partial charge in [0, 0.05) is 28.6 Å². The molecule has 0 amide bonds. The number of nitrogens with zero attached hydrogens (tertiary/aromatic N) is 4. The molecule has 3 heterocycles. The SMILES string of the molecule is Cc1cc(C)nc(NC(=NCCSCc2nc[nH]c2C)NC(=S)NCc2ccco2)n1. The average molecular weight is 459 g/mol. The van der Waals surface area contributed by atoms with Crippen LogP contribution in [0, 0.1) is 20.8 Å². The van der Waals surface area contributed by atoms with Gasteiger partial charge in [-0.1, -0.05) is 0 Å². The van der Waals surface area contributed by atoms with Gasteiger partial charge in [0.05, 0.1) is 31.4 Å². The van der Waals surface area contributed by atoms with Gasteiger partial charge in [-0.2, -0.15) is 11.8 Å². The first kappa shape index (κ1) is 22.8. The molecule has 0 aromatic carbocycles. The minimum absolute atomic E-state index is 0.423. The van der Waals surface area contributed by atoms with E-state index in [4.69, 9.17) is 16.6 Å². The number of aryl methyl sites for hydroxylation is 3. The standard InChI is InChI=1S/C20H26N8OS2/c1-13-9-14(2)26-19(25-13)27-18(28-20(30)22-10-16-5-4-7-29-16)21-6-8-31-11-17-15(3)23-12-24-17/h4-5,7,9,12H,6,8,10-11H2,1-3H3,(H,23,24)(H3,21,22,25,26,27,28,30). The Morgan fingerprint density at radius 3 is 2.74 bits per heavy atom. The maximum absolute atomic E-state index is 5.40. The molecule has 3 aromatic heterocycles. The number of imidazole rings is 1. The zero-order valence-electron chi connectivity index (χ0n) is 17.7. The number of anilines is 1. The minimum atomic E-state index is 0.423. The quantitative estimate of drug-likeness (QED) is 0.175. The molecule has 0 atom stereocenters. The number of guanidine groups is 1. The van der Waals surface area contributed by atoms with Crippen LogP contribution in [0.3, 0.4) is 0 Å². The zero-order valence-corrected chi connectivity index (χ0v) is 19.4. The third-order valence-corrected chi connectivity index (χ3v) is 5.32. The molecule has 31 heavy (non-hydrogen) atoms. The summed E-state index contributed by atoms with van der Waals surface area (Å²) in [4.78, 5) is 20.9. The van der Waals surface area contributed by atoms with Gasteiger partial charge in [-0.3, -0.25) is 10.3 Å². The van der Waals surface area contributed by atoms with E-state index in [0.29, 0.717) is 30.1 Å². The first-order chi connectivity index (χ1) is 15.0. The van der Waals surface area contributed by atoms with Gasteiger partial charge in [0.1, 0.15) is 5.76 Å². The molecule has 9 nitrogen and oxygen atoms in total. The Balaban J connectivity index is 1.57. The summed E-state index contributed by atoms with van der Waals surface area (Å²) in [7, 11) is 0. The summed E-state index contributed by atoms with van der Waals surface area (Å²) in [6.45, 7) is 6.94.